The molecule has 120 valence electrons. The zero-order valence-electron chi connectivity index (χ0n) is 13.1. The van der Waals surface area contributed by atoms with Gasteiger partial charge in [0.2, 0.25) is 0 Å². The number of rotatable bonds is 6. The van der Waals surface area contributed by atoms with E-state index in [0.717, 1.165) is 24.5 Å². The number of methoxy groups -OCH3 is 1. The van der Waals surface area contributed by atoms with Gasteiger partial charge in [0.1, 0.15) is 0 Å². The third-order valence-corrected chi connectivity index (χ3v) is 2.91. The first-order valence-corrected chi connectivity index (χ1v) is 6.83. The maximum atomic E-state index is 13.5. The number of nitrogens with zero attached hydrogens (tertiary/aromatic N) is 1. The zero-order valence-corrected chi connectivity index (χ0v) is 15.4. The predicted molar refractivity (Wildman–Crippen MR) is 96.0 cm³/mol. The third-order valence-electron chi connectivity index (χ3n) is 2.91. The van der Waals surface area contributed by atoms with Gasteiger partial charge in [-0.1, -0.05) is 19.9 Å². The van der Waals surface area contributed by atoms with E-state index in [1.165, 1.54) is 13.2 Å². The van der Waals surface area contributed by atoms with Crippen LogP contribution in [0.3, 0.4) is 0 Å². The van der Waals surface area contributed by atoms with Crippen LogP contribution in [0.2, 0.25) is 0 Å². The lowest BCUT2D eigenvalue weighted by Gasteiger charge is -2.13. The Bertz CT molecular complexity index is 453. The van der Waals surface area contributed by atoms with Crippen LogP contribution < -0.4 is 15.4 Å². The van der Waals surface area contributed by atoms with Crippen LogP contribution in [0.15, 0.2) is 23.2 Å². The highest BCUT2D eigenvalue weighted by Gasteiger charge is 2.04. The highest BCUT2D eigenvalue weighted by atomic mass is 127. The van der Waals surface area contributed by atoms with E-state index in [0.29, 0.717) is 12.5 Å². The van der Waals surface area contributed by atoms with Crippen molar-refractivity contribution >= 4 is 29.9 Å². The molecule has 6 heteroatoms. The van der Waals surface area contributed by atoms with Crippen LogP contribution in [0.1, 0.15) is 25.8 Å². The van der Waals surface area contributed by atoms with Crippen molar-refractivity contribution in [2.24, 2.45) is 10.9 Å². The Labute approximate surface area is 143 Å². The second-order valence-corrected chi connectivity index (χ2v) is 5.00. The van der Waals surface area contributed by atoms with Crippen molar-refractivity contribution in [3.05, 3.63) is 29.6 Å². The largest absolute Gasteiger partial charge is 0.494 e. The van der Waals surface area contributed by atoms with Gasteiger partial charge in [-0.2, -0.15) is 0 Å². The number of hydrogen-bond donors (Lipinski definition) is 2. The number of nitrogens with one attached hydrogen (secondary N) is 2. The standard InChI is InChI=1S/C15H24FN3O.HI/c1-11(2)7-8-18-15(17-3)19-10-12-5-6-14(20-4)13(16)9-12;/h5-6,9,11H,7-8,10H2,1-4H3,(H2,17,18,19);1H. The Morgan fingerprint density at radius 2 is 2.05 bits per heavy atom. The van der Waals surface area contributed by atoms with Crippen LogP contribution >= 0.6 is 24.0 Å². The molecule has 0 aliphatic rings. The van der Waals surface area contributed by atoms with Gasteiger partial charge in [-0.3, -0.25) is 4.99 Å². The summed E-state index contributed by atoms with van der Waals surface area (Å²) in [6.07, 6.45) is 1.08. The molecule has 0 heterocycles. The van der Waals surface area contributed by atoms with E-state index < -0.39 is 0 Å². The molecular formula is C15H25FIN3O. The van der Waals surface area contributed by atoms with Gasteiger partial charge in [0.25, 0.3) is 0 Å². The van der Waals surface area contributed by atoms with Crippen LogP contribution in [-0.4, -0.2) is 26.7 Å². The van der Waals surface area contributed by atoms with Crippen LogP contribution in [0.25, 0.3) is 0 Å². The molecule has 0 unspecified atom stereocenters. The second-order valence-electron chi connectivity index (χ2n) is 5.00. The fourth-order valence-electron chi connectivity index (χ4n) is 1.71. The summed E-state index contributed by atoms with van der Waals surface area (Å²) in [7, 11) is 3.18. The van der Waals surface area contributed by atoms with Gasteiger partial charge in [-0.25, -0.2) is 4.39 Å². The lowest BCUT2D eigenvalue weighted by Crippen LogP contribution is -2.37. The first-order valence-electron chi connectivity index (χ1n) is 6.83. The molecule has 0 bridgehead atoms. The van der Waals surface area contributed by atoms with Gasteiger partial charge in [0.15, 0.2) is 17.5 Å². The summed E-state index contributed by atoms with van der Waals surface area (Å²) in [5, 5.41) is 6.38. The molecule has 1 aromatic rings. The van der Waals surface area contributed by atoms with Crippen LogP contribution in [0, 0.1) is 11.7 Å². The Kier molecular flexibility index (Phi) is 10.1. The molecule has 0 aromatic heterocycles. The van der Waals surface area contributed by atoms with E-state index in [9.17, 15) is 4.39 Å². The smallest absolute Gasteiger partial charge is 0.191 e. The summed E-state index contributed by atoms with van der Waals surface area (Å²) in [5.41, 5.74) is 0.843. The first-order chi connectivity index (χ1) is 9.56. The molecule has 1 rings (SSSR count). The summed E-state index contributed by atoms with van der Waals surface area (Å²) in [6, 6.07) is 4.92. The molecule has 0 aliphatic heterocycles. The highest BCUT2D eigenvalue weighted by molar-refractivity contribution is 14.0. The Balaban J connectivity index is 0.00000400. The molecule has 21 heavy (non-hydrogen) atoms. The molecule has 0 amide bonds. The van der Waals surface area contributed by atoms with E-state index >= 15 is 0 Å². The van der Waals surface area contributed by atoms with Crippen molar-refractivity contribution in [2.75, 3.05) is 20.7 Å². The van der Waals surface area contributed by atoms with Gasteiger partial charge in [0, 0.05) is 20.1 Å². The SMILES string of the molecule is CN=C(NCCC(C)C)NCc1ccc(OC)c(F)c1.I. The zero-order chi connectivity index (χ0) is 15.0. The van der Waals surface area contributed by atoms with E-state index in [1.807, 2.05) is 6.07 Å². The molecular weight excluding hydrogens is 384 g/mol. The van der Waals surface area contributed by atoms with Crippen molar-refractivity contribution < 1.29 is 9.13 Å². The van der Waals surface area contributed by atoms with E-state index in [4.69, 9.17) is 4.74 Å². The van der Waals surface area contributed by atoms with Gasteiger partial charge in [-0.05, 0) is 30.0 Å². The van der Waals surface area contributed by atoms with Crippen molar-refractivity contribution in [1.82, 2.24) is 10.6 Å². The molecule has 0 atom stereocenters. The summed E-state index contributed by atoms with van der Waals surface area (Å²) >= 11 is 0. The normalized spacial score (nSPS) is 11.0. The summed E-state index contributed by atoms with van der Waals surface area (Å²) in [4.78, 5) is 4.13. The number of aliphatic imine (C=N–C) groups is 1. The summed E-state index contributed by atoms with van der Waals surface area (Å²) in [5.74, 6) is 1.28. The topological polar surface area (TPSA) is 45.7 Å². The number of hydrogen-bond acceptors (Lipinski definition) is 2. The molecule has 0 aliphatic carbocycles. The number of guanidine groups is 1. The quantitative estimate of drug-likeness (QED) is 0.431. The number of benzene rings is 1. The number of ether oxygens (including phenoxy) is 1. The molecule has 0 saturated carbocycles. The molecule has 1 aromatic carbocycles. The fraction of sp³-hybridized carbons (Fsp3) is 0.533. The maximum absolute atomic E-state index is 13.5. The molecule has 4 nitrogen and oxygen atoms in total. The highest BCUT2D eigenvalue weighted by Crippen LogP contribution is 2.17. The van der Waals surface area contributed by atoms with E-state index in [1.54, 1.807) is 13.1 Å². The minimum absolute atomic E-state index is 0. The molecule has 0 saturated heterocycles. The minimum atomic E-state index is -0.352. The Morgan fingerprint density at radius 1 is 1.33 bits per heavy atom. The molecule has 0 spiro atoms. The van der Waals surface area contributed by atoms with Gasteiger partial charge in [0.05, 0.1) is 7.11 Å². The first kappa shape index (κ1) is 19.9. The third kappa shape index (κ3) is 7.50. The second kappa shape index (κ2) is 10.6. The van der Waals surface area contributed by atoms with Gasteiger partial charge in [-0.15, -0.1) is 24.0 Å². The van der Waals surface area contributed by atoms with E-state index in [-0.39, 0.29) is 35.5 Å². The minimum Gasteiger partial charge on any atom is -0.494 e. The van der Waals surface area contributed by atoms with Gasteiger partial charge >= 0.3 is 0 Å². The van der Waals surface area contributed by atoms with Crippen molar-refractivity contribution in [3.63, 3.8) is 0 Å². The Hall–Kier alpha value is -1.05. The van der Waals surface area contributed by atoms with Crippen molar-refractivity contribution in [2.45, 2.75) is 26.8 Å². The van der Waals surface area contributed by atoms with Crippen LogP contribution in [0.5, 0.6) is 5.75 Å². The summed E-state index contributed by atoms with van der Waals surface area (Å²) < 4.78 is 18.4. The predicted octanol–water partition coefficient (Wildman–Crippen LogP) is 3.16. The monoisotopic (exact) mass is 409 g/mol. The van der Waals surface area contributed by atoms with Crippen molar-refractivity contribution in [3.8, 4) is 5.75 Å². The summed E-state index contributed by atoms with van der Waals surface area (Å²) in [6.45, 7) is 5.74. The lowest BCUT2D eigenvalue weighted by atomic mass is 10.1. The average molecular weight is 409 g/mol. The lowest BCUT2D eigenvalue weighted by molar-refractivity contribution is 0.386. The van der Waals surface area contributed by atoms with Crippen LogP contribution in [0.4, 0.5) is 4.39 Å². The number of halogens is 2. The van der Waals surface area contributed by atoms with Gasteiger partial charge < -0.3 is 15.4 Å². The van der Waals surface area contributed by atoms with Crippen LogP contribution in [-0.2, 0) is 6.54 Å². The maximum Gasteiger partial charge on any atom is 0.191 e. The van der Waals surface area contributed by atoms with Crippen molar-refractivity contribution in [1.29, 1.82) is 0 Å². The Morgan fingerprint density at radius 3 is 2.57 bits per heavy atom. The average Bonchev–Trinajstić information content (AvgIpc) is 2.42. The fourth-order valence-corrected chi connectivity index (χ4v) is 1.71. The molecule has 0 fully saturated rings. The molecule has 0 radical (unpaired) electrons. The molecule has 2 N–H and O–H groups in total. The van der Waals surface area contributed by atoms with E-state index in [2.05, 4.69) is 29.5 Å².